The number of nitrogens with one attached hydrogen (secondary N) is 2. The molecule has 0 bridgehead atoms. The third-order valence-corrected chi connectivity index (χ3v) is 4.75. The fourth-order valence-electron chi connectivity index (χ4n) is 2.85. The van der Waals surface area contributed by atoms with Crippen molar-refractivity contribution in [2.75, 3.05) is 11.9 Å². The lowest BCUT2D eigenvalue weighted by Crippen LogP contribution is -2.86. The lowest BCUT2D eigenvalue weighted by atomic mass is 10.1. The van der Waals surface area contributed by atoms with E-state index in [1.54, 1.807) is 42.7 Å². The number of hydrogen-bond donors (Lipinski definition) is 3. The van der Waals surface area contributed by atoms with Gasteiger partial charge in [-0.2, -0.15) is 0 Å². The molecule has 7 heteroatoms. The van der Waals surface area contributed by atoms with Crippen molar-refractivity contribution in [2.24, 2.45) is 0 Å². The lowest BCUT2D eigenvalue weighted by molar-refractivity contribution is -0.682. The first-order valence-electron chi connectivity index (χ1n) is 9.31. The summed E-state index contributed by atoms with van der Waals surface area (Å²) in [7, 11) is 0. The minimum Gasteiger partial charge on any atom is -0.467 e. The molecule has 0 saturated carbocycles. The van der Waals surface area contributed by atoms with Crippen LogP contribution in [0.25, 0.3) is 0 Å². The van der Waals surface area contributed by atoms with Crippen molar-refractivity contribution in [3.63, 3.8) is 0 Å². The maximum atomic E-state index is 12.5. The molecule has 0 aliphatic heterocycles. The van der Waals surface area contributed by atoms with Crippen molar-refractivity contribution < 1.29 is 19.3 Å². The summed E-state index contributed by atoms with van der Waals surface area (Å²) in [5.41, 5.74) is 1.96. The molecule has 4 N–H and O–H groups in total. The molecule has 2 aromatic carbocycles. The number of para-hydroxylation sites is 1. The Morgan fingerprint density at radius 1 is 1.07 bits per heavy atom. The SMILES string of the molecule is C[C@H]([NH2+]CC(=O)Nc1ccccc1C(=O)NCc1ccco1)c1ccc(Cl)cc1. The number of quaternary nitrogens is 1. The normalized spacial score (nSPS) is 11.7. The van der Waals surface area contributed by atoms with Gasteiger partial charge in [-0.3, -0.25) is 9.59 Å². The minimum absolute atomic E-state index is 0.102. The van der Waals surface area contributed by atoms with Crippen molar-refractivity contribution in [3.8, 4) is 0 Å². The van der Waals surface area contributed by atoms with Gasteiger partial charge in [0.05, 0.1) is 24.1 Å². The largest absolute Gasteiger partial charge is 0.467 e. The van der Waals surface area contributed by atoms with E-state index < -0.39 is 0 Å². The molecule has 0 spiro atoms. The summed E-state index contributed by atoms with van der Waals surface area (Å²) in [5, 5.41) is 8.22. The first kappa shape index (κ1) is 20.6. The van der Waals surface area contributed by atoms with Gasteiger partial charge in [-0.05, 0) is 43.3 Å². The van der Waals surface area contributed by atoms with Gasteiger partial charge in [-0.1, -0.05) is 35.9 Å². The van der Waals surface area contributed by atoms with Crippen molar-refractivity contribution in [2.45, 2.75) is 19.5 Å². The Labute approximate surface area is 174 Å². The molecule has 0 aliphatic rings. The standard InChI is InChI=1S/C22H22ClN3O3/c1-15(16-8-10-17(23)11-9-16)24-14-21(27)26-20-7-3-2-6-19(20)22(28)25-13-18-5-4-12-29-18/h2-12,15,24H,13-14H2,1H3,(H,25,28)(H,26,27)/p+1/t15-/m0/s1. The molecule has 2 amide bonds. The van der Waals surface area contributed by atoms with E-state index in [9.17, 15) is 9.59 Å². The molecule has 0 aliphatic carbocycles. The molecule has 29 heavy (non-hydrogen) atoms. The van der Waals surface area contributed by atoms with E-state index in [0.717, 1.165) is 5.56 Å². The summed E-state index contributed by atoms with van der Waals surface area (Å²) >= 11 is 5.91. The number of halogens is 1. The third kappa shape index (κ3) is 5.94. The van der Waals surface area contributed by atoms with E-state index >= 15 is 0 Å². The number of rotatable bonds is 8. The van der Waals surface area contributed by atoms with E-state index in [0.29, 0.717) is 22.0 Å². The first-order valence-corrected chi connectivity index (χ1v) is 9.69. The van der Waals surface area contributed by atoms with Gasteiger partial charge in [0.2, 0.25) is 0 Å². The Bertz CT molecular complexity index is 956. The molecule has 0 radical (unpaired) electrons. The predicted molar refractivity (Wildman–Crippen MR) is 112 cm³/mol. The summed E-state index contributed by atoms with van der Waals surface area (Å²) in [6.45, 7) is 2.53. The minimum atomic E-state index is -0.282. The molecule has 150 valence electrons. The monoisotopic (exact) mass is 412 g/mol. The number of benzene rings is 2. The Morgan fingerprint density at radius 3 is 2.55 bits per heavy atom. The number of carbonyl (C=O) groups is 2. The van der Waals surface area contributed by atoms with Gasteiger partial charge in [0, 0.05) is 10.6 Å². The molecular weight excluding hydrogens is 390 g/mol. The highest BCUT2D eigenvalue weighted by Crippen LogP contribution is 2.16. The highest BCUT2D eigenvalue weighted by molar-refractivity contribution is 6.30. The number of carbonyl (C=O) groups excluding carboxylic acids is 2. The third-order valence-electron chi connectivity index (χ3n) is 4.50. The summed E-state index contributed by atoms with van der Waals surface area (Å²) in [6, 6.07) is 18.1. The van der Waals surface area contributed by atoms with E-state index in [4.69, 9.17) is 16.0 Å². The van der Waals surface area contributed by atoms with E-state index in [2.05, 4.69) is 10.6 Å². The van der Waals surface area contributed by atoms with E-state index in [-0.39, 0.29) is 30.9 Å². The molecular formula is C22H23ClN3O3+. The zero-order valence-electron chi connectivity index (χ0n) is 16.0. The highest BCUT2D eigenvalue weighted by Gasteiger charge is 2.16. The Kier molecular flexibility index (Phi) is 7.05. The summed E-state index contributed by atoms with van der Waals surface area (Å²) < 4.78 is 5.22. The number of nitrogens with two attached hydrogens (primary N) is 1. The molecule has 1 atom stereocenters. The van der Waals surface area contributed by atoms with Crippen LogP contribution >= 0.6 is 11.6 Å². The van der Waals surface area contributed by atoms with Gasteiger partial charge < -0.3 is 20.4 Å². The topological polar surface area (TPSA) is 88.0 Å². The zero-order valence-corrected chi connectivity index (χ0v) is 16.8. The molecule has 3 rings (SSSR count). The molecule has 0 saturated heterocycles. The van der Waals surface area contributed by atoms with Gasteiger partial charge in [0.25, 0.3) is 11.8 Å². The van der Waals surface area contributed by atoms with Crippen molar-refractivity contribution >= 4 is 29.1 Å². The summed E-state index contributed by atoms with van der Waals surface area (Å²) in [4.78, 5) is 24.9. The Balaban J connectivity index is 1.56. The van der Waals surface area contributed by atoms with Gasteiger partial charge in [-0.15, -0.1) is 0 Å². The lowest BCUT2D eigenvalue weighted by Gasteiger charge is -2.13. The van der Waals surface area contributed by atoms with Gasteiger partial charge in [0.1, 0.15) is 11.8 Å². The van der Waals surface area contributed by atoms with Crippen LogP contribution in [0, 0.1) is 0 Å². The smallest absolute Gasteiger partial charge is 0.279 e. The fourth-order valence-corrected chi connectivity index (χ4v) is 2.98. The fraction of sp³-hybridized carbons (Fsp3) is 0.182. The van der Waals surface area contributed by atoms with Crippen molar-refractivity contribution in [1.29, 1.82) is 0 Å². The van der Waals surface area contributed by atoms with Crippen molar-refractivity contribution in [1.82, 2.24) is 5.32 Å². The molecule has 1 aromatic heterocycles. The number of anilines is 1. The number of hydrogen-bond acceptors (Lipinski definition) is 3. The van der Waals surface area contributed by atoms with Crippen LogP contribution in [-0.2, 0) is 11.3 Å². The van der Waals surface area contributed by atoms with Crippen molar-refractivity contribution in [3.05, 3.63) is 88.8 Å². The average molecular weight is 413 g/mol. The second-order valence-corrected chi connectivity index (χ2v) is 7.07. The van der Waals surface area contributed by atoms with Crippen LogP contribution in [0.5, 0.6) is 0 Å². The maximum Gasteiger partial charge on any atom is 0.279 e. The van der Waals surface area contributed by atoms with Gasteiger partial charge in [-0.25, -0.2) is 0 Å². The first-order chi connectivity index (χ1) is 14.0. The molecule has 0 unspecified atom stereocenters. The van der Waals surface area contributed by atoms with Crippen LogP contribution in [0.2, 0.25) is 5.02 Å². The quantitative estimate of drug-likeness (QED) is 0.531. The van der Waals surface area contributed by atoms with Crippen LogP contribution in [0.4, 0.5) is 5.69 Å². The second-order valence-electron chi connectivity index (χ2n) is 6.64. The van der Waals surface area contributed by atoms with Gasteiger partial charge in [0.15, 0.2) is 6.54 Å². The predicted octanol–water partition coefficient (Wildman–Crippen LogP) is 3.13. The molecule has 3 aromatic rings. The summed E-state index contributed by atoms with van der Waals surface area (Å²) in [6.07, 6.45) is 1.55. The molecule has 6 nitrogen and oxygen atoms in total. The Hall–Kier alpha value is -3.09. The van der Waals surface area contributed by atoms with E-state index in [1.807, 2.05) is 36.5 Å². The van der Waals surface area contributed by atoms with Crippen LogP contribution < -0.4 is 16.0 Å². The van der Waals surface area contributed by atoms with Gasteiger partial charge >= 0.3 is 0 Å². The number of amides is 2. The maximum absolute atomic E-state index is 12.5. The average Bonchev–Trinajstić information content (AvgIpc) is 3.25. The molecule has 0 fully saturated rings. The molecule has 1 heterocycles. The highest BCUT2D eigenvalue weighted by atomic mass is 35.5. The Morgan fingerprint density at radius 2 is 1.83 bits per heavy atom. The zero-order chi connectivity index (χ0) is 20.6. The van der Waals surface area contributed by atoms with E-state index in [1.165, 1.54) is 0 Å². The number of furan rings is 1. The van der Waals surface area contributed by atoms with Crippen LogP contribution in [0.1, 0.15) is 34.6 Å². The summed E-state index contributed by atoms with van der Waals surface area (Å²) in [5.74, 6) is 0.193. The second kappa shape index (κ2) is 9.91. The van der Waals surface area contributed by atoms with Crippen LogP contribution in [0.15, 0.2) is 71.3 Å². The van der Waals surface area contributed by atoms with Crippen LogP contribution in [0.3, 0.4) is 0 Å². The van der Waals surface area contributed by atoms with Crippen LogP contribution in [-0.4, -0.2) is 18.4 Å².